The maximum atomic E-state index is 12.6. The molecular formula is C57H109NO5. The zero-order chi connectivity index (χ0) is 45.9. The third-order valence-electron chi connectivity index (χ3n) is 13.1. The van der Waals surface area contributed by atoms with Gasteiger partial charge in [0.25, 0.3) is 0 Å². The van der Waals surface area contributed by atoms with E-state index < -0.39 is 36.9 Å². The molecule has 0 rings (SSSR count). The lowest BCUT2D eigenvalue weighted by Crippen LogP contribution is -2.53. The number of nitrogens with one attached hydrogen (secondary N) is 1. The highest BCUT2D eigenvalue weighted by atomic mass is 16.3. The van der Waals surface area contributed by atoms with Crippen LogP contribution in [0.1, 0.15) is 290 Å². The van der Waals surface area contributed by atoms with E-state index in [-0.39, 0.29) is 0 Å². The average Bonchev–Trinajstić information content (AvgIpc) is 3.29. The van der Waals surface area contributed by atoms with Gasteiger partial charge in [-0.05, 0) is 64.2 Å². The van der Waals surface area contributed by atoms with Crippen LogP contribution in [0.2, 0.25) is 0 Å². The van der Waals surface area contributed by atoms with Crippen molar-refractivity contribution in [1.82, 2.24) is 5.32 Å². The SMILES string of the molecule is CCCCCCC/C=C/CC/C=C/CC/C=C/CCCC(O)C(O)C(CO)NC(=O)C(O)CCCCCCCCCCCCCCCCCCCCCCCCCCCCCCC. The molecule has 0 aliphatic carbocycles. The monoisotopic (exact) mass is 888 g/mol. The molecule has 4 unspecified atom stereocenters. The van der Waals surface area contributed by atoms with Gasteiger partial charge in [0.1, 0.15) is 12.2 Å². The van der Waals surface area contributed by atoms with Crippen LogP contribution in [0.25, 0.3) is 0 Å². The summed E-state index contributed by atoms with van der Waals surface area (Å²) < 4.78 is 0. The Morgan fingerprint density at radius 3 is 1.00 bits per heavy atom. The summed E-state index contributed by atoms with van der Waals surface area (Å²) in [7, 11) is 0. The molecule has 0 bridgehead atoms. The van der Waals surface area contributed by atoms with E-state index in [1.54, 1.807) is 0 Å². The van der Waals surface area contributed by atoms with E-state index >= 15 is 0 Å². The number of amides is 1. The van der Waals surface area contributed by atoms with Crippen LogP contribution < -0.4 is 5.32 Å². The number of aliphatic hydroxyl groups excluding tert-OH is 4. The predicted octanol–water partition coefficient (Wildman–Crippen LogP) is 16.0. The van der Waals surface area contributed by atoms with Gasteiger partial charge < -0.3 is 25.7 Å². The Balaban J connectivity index is 3.63. The molecule has 1 amide bonds. The van der Waals surface area contributed by atoms with Crippen molar-refractivity contribution in [2.75, 3.05) is 6.61 Å². The quantitative estimate of drug-likeness (QED) is 0.0309. The summed E-state index contributed by atoms with van der Waals surface area (Å²) in [5.74, 6) is -0.595. The second-order valence-electron chi connectivity index (χ2n) is 19.3. The van der Waals surface area contributed by atoms with Crippen LogP contribution in [0.3, 0.4) is 0 Å². The number of hydrogen-bond donors (Lipinski definition) is 5. The van der Waals surface area contributed by atoms with E-state index in [1.807, 2.05) is 0 Å². The van der Waals surface area contributed by atoms with Crippen LogP contribution in [0.5, 0.6) is 0 Å². The van der Waals surface area contributed by atoms with Crippen LogP contribution in [0, 0.1) is 0 Å². The Labute approximate surface area is 392 Å². The van der Waals surface area contributed by atoms with Gasteiger partial charge in [-0.15, -0.1) is 0 Å². The topological polar surface area (TPSA) is 110 Å². The number of carbonyl (C=O) groups is 1. The molecule has 0 aromatic heterocycles. The molecule has 0 radical (unpaired) electrons. The zero-order valence-electron chi connectivity index (χ0n) is 42.1. The summed E-state index contributed by atoms with van der Waals surface area (Å²) in [5.41, 5.74) is 0. The second-order valence-corrected chi connectivity index (χ2v) is 19.3. The van der Waals surface area contributed by atoms with Crippen molar-refractivity contribution in [3.05, 3.63) is 36.5 Å². The summed E-state index contributed by atoms with van der Waals surface area (Å²) >= 11 is 0. The van der Waals surface area contributed by atoms with Gasteiger partial charge in [0, 0.05) is 0 Å². The Morgan fingerprint density at radius 1 is 0.381 bits per heavy atom. The van der Waals surface area contributed by atoms with Crippen molar-refractivity contribution in [1.29, 1.82) is 0 Å². The third kappa shape index (κ3) is 45.5. The molecule has 0 aliphatic rings. The summed E-state index contributed by atoms with van der Waals surface area (Å²) in [5, 5.41) is 43.9. The van der Waals surface area contributed by atoms with Gasteiger partial charge in [-0.2, -0.15) is 0 Å². The standard InChI is InChI=1S/C57H109NO5/c1-3-5-7-9-11-13-15-17-19-21-23-24-25-26-27-28-29-30-31-32-33-35-37-39-41-43-45-47-49-51-55(61)57(63)58-53(52-59)56(62)54(60)50-48-46-44-42-40-38-36-34-22-20-18-16-14-12-10-8-6-4-2/h16,18,34,36,42,44,53-56,59-62H,3-15,17,19-33,35,37-41,43,45-52H2,1-2H3,(H,58,63)/b18-16+,36-34+,44-42+. The van der Waals surface area contributed by atoms with Gasteiger partial charge in [-0.3, -0.25) is 4.79 Å². The minimum absolute atomic E-state index is 0.362. The van der Waals surface area contributed by atoms with Gasteiger partial charge in [0.2, 0.25) is 5.91 Å². The molecule has 0 fully saturated rings. The highest BCUT2D eigenvalue weighted by Gasteiger charge is 2.28. The fourth-order valence-corrected chi connectivity index (χ4v) is 8.67. The average molecular weight is 889 g/mol. The predicted molar refractivity (Wildman–Crippen MR) is 274 cm³/mol. The maximum Gasteiger partial charge on any atom is 0.249 e. The zero-order valence-corrected chi connectivity index (χ0v) is 42.1. The number of hydrogen-bond acceptors (Lipinski definition) is 5. The molecule has 0 saturated heterocycles. The largest absolute Gasteiger partial charge is 0.394 e. The van der Waals surface area contributed by atoms with Crippen molar-refractivity contribution >= 4 is 5.91 Å². The Morgan fingerprint density at radius 2 is 0.667 bits per heavy atom. The summed E-state index contributed by atoms with van der Waals surface area (Å²) in [6.07, 6.45) is 63.6. The van der Waals surface area contributed by atoms with E-state index in [0.29, 0.717) is 19.3 Å². The molecule has 0 aromatic rings. The van der Waals surface area contributed by atoms with Gasteiger partial charge in [-0.1, -0.05) is 262 Å². The Kier molecular flexibility index (Phi) is 50.3. The molecule has 6 heteroatoms. The van der Waals surface area contributed by atoms with E-state index in [4.69, 9.17) is 0 Å². The first-order valence-electron chi connectivity index (χ1n) is 27.9. The molecule has 5 N–H and O–H groups in total. The summed E-state index contributed by atoms with van der Waals surface area (Å²) in [4.78, 5) is 12.6. The molecule has 0 heterocycles. The minimum Gasteiger partial charge on any atom is -0.394 e. The van der Waals surface area contributed by atoms with Gasteiger partial charge in [0.15, 0.2) is 0 Å². The number of unbranched alkanes of at least 4 members (excludes halogenated alkanes) is 36. The highest BCUT2D eigenvalue weighted by molar-refractivity contribution is 5.80. The fourth-order valence-electron chi connectivity index (χ4n) is 8.67. The van der Waals surface area contributed by atoms with E-state index in [0.717, 1.165) is 51.4 Å². The molecule has 63 heavy (non-hydrogen) atoms. The smallest absolute Gasteiger partial charge is 0.249 e. The first-order valence-corrected chi connectivity index (χ1v) is 27.9. The molecule has 0 aromatic carbocycles. The summed E-state index contributed by atoms with van der Waals surface area (Å²) in [6, 6.07) is -1.01. The van der Waals surface area contributed by atoms with E-state index in [1.165, 1.54) is 205 Å². The Hall–Kier alpha value is -1.47. The van der Waals surface area contributed by atoms with Crippen LogP contribution >= 0.6 is 0 Å². The highest BCUT2D eigenvalue weighted by Crippen LogP contribution is 2.18. The normalized spacial score (nSPS) is 14.1. The molecular weight excluding hydrogens is 779 g/mol. The molecule has 0 aliphatic heterocycles. The van der Waals surface area contributed by atoms with Crippen LogP contribution in [-0.2, 0) is 4.79 Å². The van der Waals surface area contributed by atoms with Gasteiger partial charge in [0.05, 0.1) is 18.8 Å². The maximum absolute atomic E-state index is 12.6. The van der Waals surface area contributed by atoms with Crippen molar-refractivity contribution in [2.45, 2.75) is 314 Å². The molecule has 0 spiro atoms. The third-order valence-corrected chi connectivity index (χ3v) is 13.1. The number of aliphatic hydroxyl groups is 4. The van der Waals surface area contributed by atoms with Crippen molar-refractivity contribution in [3.63, 3.8) is 0 Å². The van der Waals surface area contributed by atoms with Crippen molar-refractivity contribution in [3.8, 4) is 0 Å². The van der Waals surface area contributed by atoms with Crippen molar-refractivity contribution < 1.29 is 25.2 Å². The van der Waals surface area contributed by atoms with Gasteiger partial charge in [-0.25, -0.2) is 0 Å². The first-order chi connectivity index (χ1) is 31.0. The van der Waals surface area contributed by atoms with E-state index in [9.17, 15) is 25.2 Å². The number of allylic oxidation sites excluding steroid dienone is 6. The van der Waals surface area contributed by atoms with Crippen LogP contribution in [0.4, 0.5) is 0 Å². The molecule has 6 nitrogen and oxygen atoms in total. The van der Waals surface area contributed by atoms with E-state index in [2.05, 4.69) is 55.6 Å². The fraction of sp³-hybridized carbons (Fsp3) is 0.877. The summed E-state index contributed by atoms with van der Waals surface area (Å²) in [6.45, 7) is 4.05. The first kappa shape index (κ1) is 61.5. The van der Waals surface area contributed by atoms with Crippen LogP contribution in [0.15, 0.2) is 36.5 Å². The second kappa shape index (κ2) is 51.5. The lowest BCUT2D eigenvalue weighted by atomic mass is 10.00. The number of rotatable bonds is 51. The number of carbonyl (C=O) groups excluding carboxylic acids is 1. The molecule has 372 valence electrons. The molecule has 4 atom stereocenters. The van der Waals surface area contributed by atoms with Gasteiger partial charge >= 0.3 is 0 Å². The minimum atomic E-state index is -1.29. The van der Waals surface area contributed by atoms with Crippen LogP contribution in [-0.4, -0.2) is 57.3 Å². The van der Waals surface area contributed by atoms with Crippen molar-refractivity contribution in [2.24, 2.45) is 0 Å². The Bertz CT molecular complexity index is 997. The lowest BCUT2D eigenvalue weighted by molar-refractivity contribution is -0.132. The lowest BCUT2D eigenvalue weighted by Gasteiger charge is -2.27. The molecule has 0 saturated carbocycles.